The van der Waals surface area contributed by atoms with Crippen molar-refractivity contribution < 1.29 is 9.90 Å². The van der Waals surface area contributed by atoms with E-state index in [0.29, 0.717) is 17.6 Å². The molecular weight excluding hydrogens is 230 g/mol. The molecule has 94 valence electrons. The van der Waals surface area contributed by atoms with Crippen molar-refractivity contribution in [1.82, 2.24) is 15.3 Å². The van der Waals surface area contributed by atoms with Gasteiger partial charge in [-0.2, -0.15) is 0 Å². The molecule has 18 heavy (non-hydrogen) atoms. The van der Waals surface area contributed by atoms with E-state index in [2.05, 4.69) is 15.3 Å². The Morgan fingerprint density at radius 2 is 2.11 bits per heavy atom. The molecule has 1 aromatic heterocycles. The van der Waals surface area contributed by atoms with Crippen molar-refractivity contribution >= 4 is 16.9 Å². The first-order valence-electron chi connectivity index (χ1n) is 5.84. The molecule has 5 heteroatoms. The van der Waals surface area contributed by atoms with E-state index >= 15 is 0 Å². The molecule has 0 fully saturated rings. The lowest BCUT2D eigenvalue weighted by Crippen LogP contribution is -2.33. The summed E-state index contributed by atoms with van der Waals surface area (Å²) in [6, 6.07) is 7.30. The van der Waals surface area contributed by atoms with Crippen LogP contribution in [0.3, 0.4) is 0 Å². The van der Waals surface area contributed by atoms with Gasteiger partial charge in [-0.05, 0) is 25.5 Å². The molecule has 1 aromatic carbocycles. The van der Waals surface area contributed by atoms with Gasteiger partial charge in [0, 0.05) is 12.6 Å². The molecule has 0 aliphatic rings. The highest BCUT2D eigenvalue weighted by Gasteiger charge is 2.11. The Morgan fingerprint density at radius 1 is 1.39 bits per heavy atom. The van der Waals surface area contributed by atoms with Crippen LogP contribution in [0.15, 0.2) is 30.5 Å². The molecule has 1 heterocycles. The number of carbonyl (C=O) groups is 1. The lowest BCUT2D eigenvalue weighted by atomic mass is 10.2. The highest BCUT2D eigenvalue weighted by Crippen LogP contribution is 2.08. The minimum atomic E-state index is -0.269. The van der Waals surface area contributed by atoms with E-state index in [1.807, 2.05) is 31.2 Å². The van der Waals surface area contributed by atoms with Crippen LogP contribution in [0.25, 0.3) is 11.0 Å². The van der Waals surface area contributed by atoms with Gasteiger partial charge >= 0.3 is 0 Å². The van der Waals surface area contributed by atoms with E-state index in [0.717, 1.165) is 5.52 Å². The van der Waals surface area contributed by atoms with E-state index in [4.69, 9.17) is 5.11 Å². The minimum absolute atomic E-state index is 0.0465. The fourth-order valence-electron chi connectivity index (χ4n) is 1.63. The highest BCUT2D eigenvalue weighted by atomic mass is 16.3. The third kappa shape index (κ3) is 2.81. The molecule has 2 rings (SSSR count). The maximum atomic E-state index is 11.9. The van der Waals surface area contributed by atoms with Crippen molar-refractivity contribution in [3.05, 3.63) is 36.2 Å². The largest absolute Gasteiger partial charge is 0.396 e. The number of hydrogen-bond donors (Lipinski definition) is 2. The van der Waals surface area contributed by atoms with Gasteiger partial charge in [-0.25, -0.2) is 4.98 Å². The first kappa shape index (κ1) is 12.4. The van der Waals surface area contributed by atoms with E-state index < -0.39 is 0 Å². The summed E-state index contributed by atoms with van der Waals surface area (Å²) in [5, 5.41) is 11.5. The molecule has 5 nitrogen and oxygen atoms in total. The predicted octanol–water partition coefficient (Wildman–Crippen LogP) is 1.13. The summed E-state index contributed by atoms with van der Waals surface area (Å²) in [7, 11) is 0. The quantitative estimate of drug-likeness (QED) is 0.846. The Labute approximate surface area is 105 Å². The van der Waals surface area contributed by atoms with Crippen LogP contribution in [-0.2, 0) is 0 Å². The number of fused-ring (bicyclic) bond motifs is 1. The van der Waals surface area contributed by atoms with Crippen LogP contribution < -0.4 is 5.32 Å². The zero-order valence-electron chi connectivity index (χ0n) is 10.1. The Morgan fingerprint density at radius 3 is 2.83 bits per heavy atom. The third-order valence-electron chi connectivity index (χ3n) is 2.62. The zero-order chi connectivity index (χ0) is 13.0. The van der Waals surface area contributed by atoms with Crippen molar-refractivity contribution in [2.24, 2.45) is 0 Å². The number of nitrogens with zero attached hydrogens (tertiary/aromatic N) is 2. The van der Waals surface area contributed by atoms with Crippen molar-refractivity contribution in [1.29, 1.82) is 0 Å². The topological polar surface area (TPSA) is 75.1 Å². The number of nitrogens with one attached hydrogen (secondary N) is 1. The standard InChI is InChI=1S/C13H15N3O2/c1-9(6-7-17)15-13(18)12-8-14-10-4-2-3-5-11(10)16-12/h2-5,8-9,17H,6-7H2,1H3,(H,15,18). The summed E-state index contributed by atoms with van der Waals surface area (Å²) in [5.41, 5.74) is 1.75. The maximum absolute atomic E-state index is 11.9. The number of benzene rings is 1. The summed E-state index contributed by atoms with van der Waals surface area (Å²) >= 11 is 0. The van der Waals surface area contributed by atoms with Gasteiger partial charge in [-0.3, -0.25) is 9.78 Å². The lowest BCUT2D eigenvalue weighted by molar-refractivity contribution is 0.0929. The number of aliphatic hydroxyl groups is 1. The van der Waals surface area contributed by atoms with Crippen LogP contribution in [0.1, 0.15) is 23.8 Å². The first-order chi connectivity index (χ1) is 8.70. The van der Waals surface area contributed by atoms with Crippen LogP contribution in [0.4, 0.5) is 0 Å². The lowest BCUT2D eigenvalue weighted by Gasteiger charge is -2.11. The number of aliphatic hydroxyl groups excluding tert-OH is 1. The summed E-state index contributed by atoms with van der Waals surface area (Å²) in [6.07, 6.45) is 1.98. The van der Waals surface area contributed by atoms with Gasteiger partial charge in [-0.1, -0.05) is 12.1 Å². The van der Waals surface area contributed by atoms with Gasteiger partial charge in [0.25, 0.3) is 5.91 Å². The van der Waals surface area contributed by atoms with Crippen LogP contribution in [-0.4, -0.2) is 33.6 Å². The van der Waals surface area contributed by atoms with Gasteiger partial charge in [0.2, 0.25) is 0 Å². The number of amides is 1. The molecule has 0 saturated heterocycles. The van der Waals surface area contributed by atoms with Gasteiger partial charge in [-0.15, -0.1) is 0 Å². The molecular formula is C13H15N3O2. The van der Waals surface area contributed by atoms with Gasteiger partial charge in [0.1, 0.15) is 5.69 Å². The van der Waals surface area contributed by atoms with E-state index in [1.54, 1.807) is 0 Å². The summed E-state index contributed by atoms with van der Waals surface area (Å²) in [4.78, 5) is 20.3. The molecule has 1 amide bonds. The Balaban J connectivity index is 2.17. The van der Waals surface area contributed by atoms with Gasteiger partial charge in [0.15, 0.2) is 0 Å². The molecule has 2 aromatic rings. The molecule has 1 unspecified atom stereocenters. The maximum Gasteiger partial charge on any atom is 0.271 e. The average molecular weight is 245 g/mol. The van der Waals surface area contributed by atoms with Crippen LogP contribution in [0.2, 0.25) is 0 Å². The van der Waals surface area contributed by atoms with E-state index in [-0.39, 0.29) is 18.6 Å². The first-order valence-corrected chi connectivity index (χ1v) is 5.84. The van der Waals surface area contributed by atoms with Gasteiger partial charge in [0.05, 0.1) is 17.2 Å². The second kappa shape index (κ2) is 5.55. The molecule has 0 spiro atoms. The fourth-order valence-corrected chi connectivity index (χ4v) is 1.63. The molecule has 0 saturated carbocycles. The molecule has 2 N–H and O–H groups in total. The Kier molecular flexibility index (Phi) is 3.84. The zero-order valence-corrected chi connectivity index (χ0v) is 10.1. The minimum Gasteiger partial charge on any atom is -0.396 e. The smallest absolute Gasteiger partial charge is 0.271 e. The summed E-state index contributed by atoms with van der Waals surface area (Å²) < 4.78 is 0. The molecule has 0 aliphatic heterocycles. The highest BCUT2D eigenvalue weighted by molar-refractivity contribution is 5.93. The van der Waals surface area contributed by atoms with Crippen molar-refractivity contribution in [2.45, 2.75) is 19.4 Å². The SMILES string of the molecule is CC(CCO)NC(=O)c1cnc2ccccc2n1. The second-order valence-corrected chi connectivity index (χ2v) is 4.13. The summed E-state index contributed by atoms with van der Waals surface area (Å²) in [5.74, 6) is -0.269. The number of aromatic nitrogens is 2. The number of para-hydroxylation sites is 2. The van der Waals surface area contributed by atoms with E-state index in [9.17, 15) is 4.79 Å². The summed E-state index contributed by atoms with van der Waals surface area (Å²) in [6.45, 7) is 1.88. The molecule has 0 aliphatic carbocycles. The molecule has 0 bridgehead atoms. The van der Waals surface area contributed by atoms with Gasteiger partial charge < -0.3 is 10.4 Å². The predicted molar refractivity (Wildman–Crippen MR) is 68.2 cm³/mol. The third-order valence-corrected chi connectivity index (χ3v) is 2.62. The van der Waals surface area contributed by atoms with E-state index in [1.165, 1.54) is 6.20 Å². The average Bonchev–Trinajstić information content (AvgIpc) is 2.38. The van der Waals surface area contributed by atoms with Crippen LogP contribution in [0.5, 0.6) is 0 Å². The molecule has 0 radical (unpaired) electrons. The number of carbonyl (C=O) groups excluding carboxylic acids is 1. The van der Waals surface area contributed by atoms with Crippen LogP contribution in [0, 0.1) is 0 Å². The Hall–Kier alpha value is -2.01. The number of hydrogen-bond acceptors (Lipinski definition) is 4. The van der Waals surface area contributed by atoms with Crippen molar-refractivity contribution in [2.75, 3.05) is 6.61 Å². The van der Waals surface area contributed by atoms with Crippen molar-refractivity contribution in [3.8, 4) is 0 Å². The molecule has 1 atom stereocenters. The normalized spacial score (nSPS) is 12.3. The van der Waals surface area contributed by atoms with Crippen molar-refractivity contribution in [3.63, 3.8) is 0 Å². The van der Waals surface area contributed by atoms with Crippen LogP contribution >= 0.6 is 0 Å². The monoisotopic (exact) mass is 245 g/mol. The Bertz CT molecular complexity index is 557. The fraction of sp³-hybridized carbons (Fsp3) is 0.308. The number of rotatable bonds is 4. The second-order valence-electron chi connectivity index (χ2n) is 4.13.